The second kappa shape index (κ2) is 6.01. The molecule has 0 saturated carbocycles. The molecule has 0 fully saturated rings. The number of halogens is 2. The van der Waals surface area contributed by atoms with Crippen molar-refractivity contribution in [3.8, 4) is 0 Å². The van der Waals surface area contributed by atoms with Crippen molar-refractivity contribution in [1.82, 2.24) is 4.57 Å². The van der Waals surface area contributed by atoms with Gasteiger partial charge in [0.15, 0.2) is 0 Å². The van der Waals surface area contributed by atoms with Crippen molar-refractivity contribution >= 4 is 43.6 Å². The maximum atomic E-state index is 12.8. The van der Waals surface area contributed by atoms with Crippen LogP contribution < -0.4 is 0 Å². The van der Waals surface area contributed by atoms with Crippen molar-refractivity contribution in [2.45, 2.75) is 18.9 Å². The van der Waals surface area contributed by atoms with E-state index in [0.29, 0.717) is 28.7 Å². The van der Waals surface area contributed by atoms with Crippen LogP contribution in [0.4, 0.5) is 0 Å². The predicted molar refractivity (Wildman–Crippen MR) is 89.1 cm³/mol. The summed E-state index contributed by atoms with van der Waals surface area (Å²) < 4.78 is 8.21. The molecule has 1 aliphatic heterocycles. The van der Waals surface area contributed by atoms with E-state index in [1.54, 1.807) is 12.1 Å². The lowest BCUT2D eigenvalue weighted by atomic mass is 10.1. The molecule has 4 nitrogen and oxygen atoms in total. The third kappa shape index (κ3) is 2.34. The fraction of sp³-hybridized carbons (Fsp3) is 0.250. The molecule has 0 aliphatic carbocycles. The van der Waals surface area contributed by atoms with Crippen molar-refractivity contribution in [3.05, 3.63) is 56.2 Å². The zero-order valence-electron chi connectivity index (χ0n) is 11.8. The number of aromatic nitrogens is 1. The summed E-state index contributed by atoms with van der Waals surface area (Å²) in [6.45, 7) is 0.618. The number of benzene rings is 1. The number of ether oxygens (including phenoxy) is 1. The van der Waals surface area contributed by atoms with E-state index in [-0.39, 0.29) is 17.7 Å². The minimum atomic E-state index is -0.340. The van der Waals surface area contributed by atoms with Gasteiger partial charge >= 0.3 is 5.97 Å². The summed E-state index contributed by atoms with van der Waals surface area (Å²) in [5.74, 6) is -0.680. The molecule has 0 amide bonds. The molecule has 0 spiro atoms. The van der Waals surface area contributed by atoms with Crippen LogP contribution in [-0.2, 0) is 16.1 Å². The highest BCUT2D eigenvalue weighted by Gasteiger charge is 2.37. The lowest BCUT2D eigenvalue weighted by molar-refractivity contribution is -0.142. The molecule has 2 aromatic rings. The molecule has 6 heteroatoms. The van der Waals surface area contributed by atoms with Crippen molar-refractivity contribution < 1.29 is 14.3 Å². The van der Waals surface area contributed by atoms with Crippen LogP contribution in [0.2, 0.25) is 0 Å². The van der Waals surface area contributed by atoms with Crippen LogP contribution in [0.1, 0.15) is 34.1 Å². The molecule has 1 atom stereocenters. The second-order valence-electron chi connectivity index (χ2n) is 5.07. The van der Waals surface area contributed by atoms with Crippen LogP contribution in [0.25, 0.3) is 0 Å². The van der Waals surface area contributed by atoms with Gasteiger partial charge < -0.3 is 9.30 Å². The quantitative estimate of drug-likeness (QED) is 0.552. The average molecular weight is 427 g/mol. The summed E-state index contributed by atoms with van der Waals surface area (Å²) in [6.07, 6.45) is 0.642. The molecule has 3 rings (SSSR count). The Balaban J connectivity index is 2.11. The van der Waals surface area contributed by atoms with Crippen molar-refractivity contribution in [2.24, 2.45) is 0 Å². The number of carbonyl (C=O) groups excluding carboxylic acids is 2. The van der Waals surface area contributed by atoms with Gasteiger partial charge in [-0.05, 0) is 38.3 Å². The van der Waals surface area contributed by atoms with E-state index in [1.165, 1.54) is 7.11 Å². The molecule has 1 unspecified atom stereocenters. The fourth-order valence-electron chi connectivity index (χ4n) is 2.86. The Kier molecular flexibility index (Phi) is 4.23. The zero-order valence-corrected chi connectivity index (χ0v) is 15.0. The largest absolute Gasteiger partial charge is 0.469 e. The highest BCUT2D eigenvalue weighted by atomic mass is 79.9. The maximum Gasteiger partial charge on any atom is 0.314 e. The molecule has 0 N–H and O–H groups in total. The van der Waals surface area contributed by atoms with Crippen LogP contribution in [0.15, 0.2) is 39.3 Å². The number of carbonyl (C=O) groups is 2. The number of hydrogen-bond acceptors (Lipinski definition) is 3. The Morgan fingerprint density at radius 2 is 1.86 bits per heavy atom. The lowest BCUT2D eigenvalue weighted by Gasteiger charge is -2.07. The van der Waals surface area contributed by atoms with E-state index < -0.39 is 0 Å². The number of hydrogen-bond donors (Lipinski definition) is 0. The molecule has 0 radical (unpaired) electrons. The Hall–Kier alpha value is -1.40. The molecule has 114 valence electrons. The Morgan fingerprint density at radius 1 is 1.18 bits per heavy atom. The smallest absolute Gasteiger partial charge is 0.314 e. The van der Waals surface area contributed by atoms with Gasteiger partial charge in [-0.25, -0.2) is 0 Å². The zero-order chi connectivity index (χ0) is 15.9. The summed E-state index contributed by atoms with van der Waals surface area (Å²) in [4.78, 5) is 24.7. The minimum absolute atomic E-state index is 0.0649. The van der Waals surface area contributed by atoms with Gasteiger partial charge in [-0.15, -0.1) is 0 Å². The van der Waals surface area contributed by atoms with E-state index in [0.717, 1.165) is 10.2 Å². The van der Waals surface area contributed by atoms with E-state index in [2.05, 4.69) is 31.9 Å². The molecular weight excluding hydrogens is 414 g/mol. The number of rotatable bonds is 3. The van der Waals surface area contributed by atoms with E-state index in [9.17, 15) is 9.59 Å². The number of esters is 1. The first-order valence-electron chi connectivity index (χ1n) is 6.81. The molecule has 0 saturated heterocycles. The molecule has 22 heavy (non-hydrogen) atoms. The van der Waals surface area contributed by atoms with Crippen LogP contribution in [0, 0.1) is 0 Å². The standard InChI is InChI=1S/C16H13Br2NO3/c1-22-16(21)10-7-8-19-13(10)11(17)12(18)14(19)15(20)9-5-3-2-4-6-9/h2-6,10H,7-8H2,1H3. The molecule has 1 aromatic heterocycles. The monoisotopic (exact) mass is 425 g/mol. The highest BCUT2D eigenvalue weighted by Crippen LogP contribution is 2.43. The number of ketones is 1. The molecule has 2 heterocycles. The van der Waals surface area contributed by atoms with Gasteiger partial charge in [-0.1, -0.05) is 30.3 Å². The Labute approximate surface area is 144 Å². The molecular formula is C16H13Br2NO3. The van der Waals surface area contributed by atoms with Gasteiger partial charge in [0.1, 0.15) is 5.69 Å². The molecule has 1 aliphatic rings. The number of methoxy groups -OCH3 is 1. The first kappa shape index (κ1) is 15.5. The third-order valence-electron chi connectivity index (χ3n) is 3.89. The molecule has 0 bridgehead atoms. The lowest BCUT2D eigenvalue weighted by Crippen LogP contribution is -2.12. The van der Waals surface area contributed by atoms with Crippen LogP contribution in [-0.4, -0.2) is 23.4 Å². The summed E-state index contributed by atoms with van der Waals surface area (Å²) in [5, 5.41) is 0. The summed E-state index contributed by atoms with van der Waals surface area (Å²) in [6, 6.07) is 9.12. The summed E-state index contributed by atoms with van der Waals surface area (Å²) in [5.41, 5.74) is 2.00. The van der Waals surface area contributed by atoms with Crippen molar-refractivity contribution in [2.75, 3.05) is 7.11 Å². The average Bonchev–Trinajstić information content (AvgIpc) is 3.07. The van der Waals surface area contributed by atoms with E-state index in [4.69, 9.17) is 4.74 Å². The summed E-state index contributed by atoms with van der Waals surface area (Å²) >= 11 is 6.99. The van der Waals surface area contributed by atoms with E-state index in [1.807, 2.05) is 22.8 Å². The Bertz CT molecular complexity index is 752. The van der Waals surface area contributed by atoms with Crippen LogP contribution in [0.3, 0.4) is 0 Å². The van der Waals surface area contributed by atoms with Crippen molar-refractivity contribution in [1.29, 1.82) is 0 Å². The van der Waals surface area contributed by atoms with Gasteiger partial charge in [0.25, 0.3) is 0 Å². The summed E-state index contributed by atoms with van der Waals surface area (Å²) in [7, 11) is 1.38. The fourth-order valence-corrected chi connectivity index (χ4v) is 4.14. The normalized spacial score (nSPS) is 16.4. The highest BCUT2D eigenvalue weighted by molar-refractivity contribution is 9.13. The van der Waals surface area contributed by atoms with Gasteiger partial charge in [0.05, 0.1) is 22.0 Å². The van der Waals surface area contributed by atoms with Gasteiger partial charge in [-0.2, -0.15) is 0 Å². The van der Waals surface area contributed by atoms with E-state index >= 15 is 0 Å². The van der Waals surface area contributed by atoms with Gasteiger partial charge in [0.2, 0.25) is 5.78 Å². The third-order valence-corrected chi connectivity index (χ3v) is 6.00. The number of fused-ring (bicyclic) bond motifs is 1. The SMILES string of the molecule is COC(=O)C1CCn2c(C(=O)c3ccccc3)c(Br)c(Br)c21. The van der Waals surface area contributed by atoms with Crippen LogP contribution in [0.5, 0.6) is 0 Å². The second-order valence-corrected chi connectivity index (χ2v) is 6.66. The number of nitrogens with zero attached hydrogens (tertiary/aromatic N) is 1. The Morgan fingerprint density at radius 3 is 2.50 bits per heavy atom. The van der Waals surface area contributed by atoms with Gasteiger partial charge in [-0.3, -0.25) is 9.59 Å². The molecule has 1 aromatic carbocycles. The minimum Gasteiger partial charge on any atom is -0.469 e. The topological polar surface area (TPSA) is 48.3 Å². The van der Waals surface area contributed by atoms with Gasteiger partial charge in [0, 0.05) is 17.8 Å². The van der Waals surface area contributed by atoms with Crippen LogP contribution >= 0.6 is 31.9 Å². The first-order chi connectivity index (χ1) is 10.6. The predicted octanol–water partition coefficient (Wildman–Crippen LogP) is 3.90. The van der Waals surface area contributed by atoms with Crippen molar-refractivity contribution in [3.63, 3.8) is 0 Å². The first-order valence-corrected chi connectivity index (χ1v) is 8.39. The maximum absolute atomic E-state index is 12.8.